The van der Waals surface area contributed by atoms with Crippen molar-refractivity contribution >= 4 is 0 Å². The molecule has 0 aromatic heterocycles. The van der Waals surface area contributed by atoms with Crippen LogP contribution in [0.1, 0.15) is 245 Å². The molecule has 0 atom stereocenters. The molecule has 0 saturated heterocycles. The zero-order valence-electron chi connectivity index (χ0n) is 31.6. The fraction of sp³-hybridized carbons (Fsp3) is 0.909. The topological polar surface area (TPSA) is 9.23 Å². The van der Waals surface area contributed by atoms with Crippen LogP contribution in [0.4, 0.5) is 0 Å². The third-order valence-electron chi connectivity index (χ3n) is 9.60. The lowest BCUT2D eigenvalue weighted by molar-refractivity contribution is 0.125. The van der Waals surface area contributed by atoms with Gasteiger partial charge < -0.3 is 4.74 Å². The molecule has 0 radical (unpaired) electrons. The van der Waals surface area contributed by atoms with E-state index in [0.29, 0.717) is 0 Å². The highest BCUT2D eigenvalue weighted by atomic mass is 16.5. The van der Waals surface area contributed by atoms with Gasteiger partial charge in [0.1, 0.15) is 0 Å². The molecule has 0 aliphatic rings. The van der Waals surface area contributed by atoms with Crippen molar-refractivity contribution in [1.82, 2.24) is 0 Å². The van der Waals surface area contributed by atoms with Crippen LogP contribution >= 0.6 is 0 Å². The van der Waals surface area contributed by atoms with Crippen molar-refractivity contribution in [3.8, 4) is 0 Å². The molecule has 0 aromatic carbocycles. The van der Waals surface area contributed by atoms with E-state index in [2.05, 4.69) is 38.2 Å². The Morgan fingerprint density at radius 1 is 0.244 bits per heavy atom. The molecule has 0 amide bonds. The summed E-state index contributed by atoms with van der Waals surface area (Å²) >= 11 is 0. The third kappa shape index (κ3) is 43.4. The molecule has 0 N–H and O–H groups in total. The van der Waals surface area contributed by atoms with E-state index in [1.807, 2.05) is 0 Å². The summed E-state index contributed by atoms with van der Waals surface area (Å²) in [7, 11) is 0. The van der Waals surface area contributed by atoms with Crippen molar-refractivity contribution in [2.45, 2.75) is 245 Å². The SMILES string of the molecule is CCCCCCCCC=CCCCCCCCCCCCCOCCCCCCCCCCCCC=CCCCCCCCC. The van der Waals surface area contributed by atoms with Crippen molar-refractivity contribution in [1.29, 1.82) is 0 Å². The number of unbranched alkanes of at least 4 members (excludes halogenated alkanes) is 32. The quantitative estimate of drug-likeness (QED) is 0.0483. The normalized spacial score (nSPS) is 12.0. The summed E-state index contributed by atoms with van der Waals surface area (Å²) in [6.07, 6.45) is 60.0. The fourth-order valence-electron chi connectivity index (χ4n) is 6.42. The molecule has 0 unspecified atom stereocenters. The van der Waals surface area contributed by atoms with E-state index in [0.717, 1.165) is 13.2 Å². The summed E-state index contributed by atoms with van der Waals surface area (Å²) in [4.78, 5) is 0. The standard InChI is InChI=1S/C44H86O/c1-3-5-7-9-11-13-15-17-19-21-23-25-27-29-31-33-35-37-39-41-43-45-44-42-40-38-36-34-32-30-28-26-24-22-20-18-16-14-12-10-8-6-4-2/h17-20H,3-16,21-44H2,1-2H3. The predicted molar refractivity (Wildman–Crippen MR) is 207 cm³/mol. The Balaban J connectivity index is 3.09. The first kappa shape index (κ1) is 44.4. The van der Waals surface area contributed by atoms with Gasteiger partial charge in [-0.15, -0.1) is 0 Å². The molecule has 0 bridgehead atoms. The van der Waals surface area contributed by atoms with Crippen molar-refractivity contribution in [2.75, 3.05) is 13.2 Å². The van der Waals surface area contributed by atoms with Crippen LogP contribution in [-0.2, 0) is 4.74 Å². The van der Waals surface area contributed by atoms with E-state index >= 15 is 0 Å². The van der Waals surface area contributed by atoms with Crippen LogP contribution in [0, 0.1) is 0 Å². The highest BCUT2D eigenvalue weighted by Gasteiger charge is 1.96. The van der Waals surface area contributed by atoms with Gasteiger partial charge in [-0.3, -0.25) is 0 Å². The lowest BCUT2D eigenvalue weighted by Gasteiger charge is -2.05. The molecule has 268 valence electrons. The van der Waals surface area contributed by atoms with E-state index in [1.54, 1.807) is 0 Å². The second-order valence-electron chi connectivity index (χ2n) is 14.3. The van der Waals surface area contributed by atoms with Crippen LogP contribution < -0.4 is 0 Å². The number of hydrogen-bond donors (Lipinski definition) is 0. The molecule has 0 saturated carbocycles. The van der Waals surface area contributed by atoms with Crippen molar-refractivity contribution < 1.29 is 4.74 Å². The van der Waals surface area contributed by atoms with Gasteiger partial charge >= 0.3 is 0 Å². The zero-order valence-corrected chi connectivity index (χ0v) is 31.6. The molecule has 0 fully saturated rings. The fourth-order valence-corrected chi connectivity index (χ4v) is 6.42. The van der Waals surface area contributed by atoms with Gasteiger partial charge in [0.15, 0.2) is 0 Å². The molecule has 0 aromatic rings. The lowest BCUT2D eigenvalue weighted by atomic mass is 10.1. The molecule has 0 aliphatic carbocycles. The number of rotatable bonds is 40. The van der Waals surface area contributed by atoms with E-state index in [1.165, 1.54) is 231 Å². The van der Waals surface area contributed by atoms with E-state index in [4.69, 9.17) is 4.74 Å². The summed E-state index contributed by atoms with van der Waals surface area (Å²) in [5, 5.41) is 0. The lowest BCUT2D eigenvalue weighted by Crippen LogP contribution is -1.97. The molecule has 0 spiro atoms. The Bertz CT molecular complexity index is 501. The average molecular weight is 631 g/mol. The van der Waals surface area contributed by atoms with Crippen LogP contribution in [0.5, 0.6) is 0 Å². The first-order chi connectivity index (χ1) is 22.4. The predicted octanol–water partition coefficient (Wildman–Crippen LogP) is 16.2. The second-order valence-corrected chi connectivity index (χ2v) is 14.3. The smallest absolute Gasteiger partial charge is 0.0466 e. The van der Waals surface area contributed by atoms with Crippen molar-refractivity contribution in [3.63, 3.8) is 0 Å². The average Bonchev–Trinajstić information content (AvgIpc) is 3.05. The molecule has 1 heteroatoms. The van der Waals surface area contributed by atoms with Crippen LogP contribution in [0.15, 0.2) is 24.3 Å². The van der Waals surface area contributed by atoms with Gasteiger partial charge in [0.2, 0.25) is 0 Å². The summed E-state index contributed by atoms with van der Waals surface area (Å²) in [5.41, 5.74) is 0. The molecular weight excluding hydrogens is 544 g/mol. The summed E-state index contributed by atoms with van der Waals surface area (Å²) in [6, 6.07) is 0. The van der Waals surface area contributed by atoms with Gasteiger partial charge in [-0.25, -0.2) is 0 Å². The number of hydrogen-bond acceptors (Lipinski definition) is 1. The molecular formula is C44H86O. The first-order valence-corrected chi connectivity index (χ1v) is 21.3. The summed E-state index contributed by atoms with van der Waals surface area (Å²) in [5.74, 6) is 0. The van der Waals surface area contributed by atoms with Gasteiger partial charge in [0, 0.05) is 13.2 Å². The first-order valence-electron chi connectivity index (χ1n) is 21.3. The molecule has 0 rings (SSSR count). The highest BCUT2D eigenvalue weighted by molar-refractivity contribution is 4.82. The van der Waals surface area contributed by atoms with Gasteiger partial charge in [-0.05, 0) is 64.2 Å². The Kier molecular flexibility index (Phi) is 42.9. The molecule has 0 heterocycles. The number of allylic oxidation sites excluding steroid dienone is 4. The molecule has 0 aliphatic heterocycles. The minimum absolute atomic E-state index is 0.988. The zero-order chi connectivity index (χ0) is 32.4. The minimum atomic E-state index is 0.988. The maximum atomic E-state index is 5.90. The van der Waals surface area contributed by atoms with Gasteiger partial charge in [-0.1, -0.05) is 205 Å². The van der Waals surface area contributed by atoms with Gasteiger partial charge in [-0.2, -0.15) is 0 Å². The van der Waals surface area contributed by atoms with Crippen LogP contribution in [-0.4, -0.2) is 13.2 Å². The molecule has 45 heavy (non-hydrogen) atoms. The van der Waals surface area contributed by atoms with Gasteiger partial charge in [0.25, 0.3) is 0 Å². The van der Waals surface area contributed by atoms with Crippen molar-refractivity contribution in [3.05, 3.63) is 24.3 Å². The Hall–Kier alpha value is -0.560. The van der Waals surface area contributed by atoms with E-state index < -0.39 is 0 Å². The Labute approximate surface area is 286 Å². The number of ether oxygens (including phenoxy) is 1. The van der Waals surface area contributed by atoms with Crippen LogP contribution in [0.25, 0.3) is 0 Å². The van der Waals surface area contributed by atoms with Crippen LogP contribution in [0.3, 0.4) is 0 Å². The molecule has 1 nitrogen and oxygen atoms in total. The van der Waals surface area contributed by atoms with Crippen LogP contribution in [0.2, 0.25) is 0 Å². The minimum Gasteiger partial charge on any atom is -0.381 e. The Morgan fingerprint density at radius 2 is 0.444 bits per heavy atom. The largest absolute Gasteiger partial charge is 0.381 e. The van der Waals surface area contributed by atoms with E-state index in [9.17, 15) is 0 Å². The Morgan fingerprint density at radius 3 is 0.689 bits per heavy atom. The van der Waals surface area contributed by atoms with Gasteiger partial charge in [0.05, 0.1) is 0 Å². The maximum absolute atomic E-state index is 5.90. The maximum Gasteiger partial charge on any atom is 0.0466 e. The van der Waals surface area contributed by atoms with Crippen molar-refractivity contribution in [2.24, 2.45) is 0 Å². The summed E-state index contributed by atoms with van der Waals surface area (Å²) in [6.45, 7) is 6.57. The summed E-state index contributed by atoms with van der Waals surface area (Å²) < 4.78 is 5.90. The monoisotopic (exact) mass is 631 g/mol. The highest BCUT2D eigenvalue weighted by Crippen LogP contribution is 2.14. The third-order valence-corrected chi connectivity index (χ3v) is 9.60. The second kappa shape index (κ2) is 43.4. The van der Waals surface area contributed by atoms with E-state index in [-0.39, 0.29) is 0 Å².